The molecule has 1 aromatic heterocycles. The van der Waals surface area contributed by atoms with Crippen LogP contribution in [0.25, 0.3) is 0 Å². The number of anilines is 1. The number of aromatic nitrogens is 2. The SMILES string of the molecule is COOCC1CCCN1C(=O)C(c1ccccc1)n1cnc(NC(=O)C(COCc2ccccc2)NC(=O)C(C)(C)N)c1. The number of benzene rings is 2. The Balaban J connectivity index is 1.51. The summed E-state index contributed by atoms with van der Waals surface area (Å²) in [6, 6.07) is 17.0. The summed E-state index contributed by atoms with van der Waals surface area (Å²) in [6.45, 7) is 4.14. The summed E-state index contributed by atoms with van der Waals surface area (Å²) in [7, 11) is 1.44. The first-order valence-corrected chi connectivity index (χ1v) is 14.2. The van der Waals surface area contributed by atoms with E-state index in [-0.39, 0.29) is 37.6 Å². The minimum atomic E-state index is -1.20. The smallest absolute Gasteiger partial charge is 0.250 e. The fourth-order valence-corrected chi connectivity index (χ4v) is 4.83. The van der Waals surface area contributed by atoms with Crippen LogP contribution in [0.1, 0.15) is 43.9 Å². The largest absolute Gasteiger partial charge is 0.374 e. The van der Waals surface area contributed by atoms with Gasteiger partial charge in [-0.15, -0.1) is 0 Å². The fraction of sp³-hybridized carbons (Fsp3) is 0.419. The van der Waals surface area contributed by atoms with Crippen LogP contribution in [0.3, 0.4) is 0 Å². The number of carbonyl (C=O) groups excluding carboxylic acids is 3. The van der Waals surface area contributed by atoms with Gasteiger partial charge in [0.05, 0.1) is 38.2 Å². The maximum Gasteiger partial charge on any atom is 0.250 e. The molecule has 1 fully saturated rings. The summed E-state index contributed by atoms with van der Waals surface area (Å²) in [4.78, 5) is 56.0. The highest BCUT2D eigenvalue weighted by atomic mass is 17.2. The van der Waals surface area contributed by atoms with Gasteiger partial charge in [-0.2, -0.15) is 0 Å². The highest BCUT2D eigenvalue weighted by Gasteiger charge is 2.35. The van der Waals surface area contributed by atoms with Crippen molar-refractivity contribution < 1.29 is 28.9 Å². The van der Waals surface area contributed by atoms with Crippen molar-refractivity contribution >= 4 is 23.5 Å². The van der Waals surface area contributed by atoms with E-state index >= 15 is 0 Å². The van der Waals surface area contributed by atoms with Gasteiger partial charge in [0.2, 0.25) is 5.91 Å². The number of amides is 3. The van der Waals surface area contributed by atoms with Gasteiger partial charge in [-0.05, 0) is 37.8 Å². The van der Waals surface area contributed by atoms with Crippen molar-refractivity contribution in [2.45, 2.75) is 57.0 Å². The van der Waals surface area contributed by atoms with Crippen LogP contribution in [0.4, 0.5) is 5.82 Å². The Kier molecular flexibility index (Phi) is 11.0. The molecule has 12 nitrogen and oxygen atoms in total. The molecule has 2 heterocycles. The van der Waals surface area contributed by atoms with Gasteiger partial charge < -0.3 is 30.6 Å². The molecule has 3 unspecified atom stereocenters. The fourth-order valence-electron chi connectivity index (χ4n) is 4.83. The second kappa shape index (κ2) is 14.9. The van der Waals surface area contributed by atoms with Crippen LogP contribution in [-0.2, 0) is 35.5 Å². The van der Waals surface area contributed by atoms with Crippen LogP contribution in [0.2, 0.25) is 0 Å². The second-order valence-electron chi connectivity index (χ2n) is 11.0. The van der Waals surface area contributed by atoms with Gasteiger partial charge in [-0.25, -0.2) is 14.8 Å². The predicted octanol–water partition coefficient (Wildman–Crippen LogP) is 2.42. The van der Waals surface area contributed by atoms with Crippen LogP contribution in [0.15, 0.2) is 73.2 Å². The Morgan fingerprint density at radius 1 is 1.09 bits per heavy atom. The molecular weight excluding hydrogens is 552 g/mol. The topological polar surface area (TPSA) is 150 Å². The number of hydrogen-bond acceptors (Lipinski definition) is 8. The minimum Gasteiger partial charge on any atom is -0.374 e. The second-order valence-corrected chi connectivity index (χ2v) is 11.0. The zero-order chi connectivity index (χ0) is 30.8. The average Bonchev–Trinajstić information content (AvgIpc) is 3.66. The number of nitrogens with zero attached hydrogens (tertiary/aromatic N) is 3. The van der Waals surface area contributed by atoms with E-state index in [9.17, 15) is 14.4 Å². The summed E-state index contributed by atoms with van der Waals surface area (Å²) in [5, 5.41) is 5.43. The van der Waals surface area contributed by atoms with Gasteiger partial charge in [0.15, 0.2) is 5.82 Å². The number of hydrogen-bond donors (Lipinski definition) is 3. The Labute approximate surface area is 251 Å². The number of nitrogens with one attached hydrogen (secondary N) is 2. The molecule has 0 bridgehead atoms. The van der Waals surface area contributed by atoms with Crippen molar-refractivity contribution in [1.29, 1.82) is 0 Å². The van der Waals surface area contributed by atoms with Crippen molar-refractivity contribution in [3.63, 3.8) is 0 Å². The van der Waals surface area contributed by atoms with E-state index in [1.165, 1.54) is 13.4 Å². The standard InChI is InChI=1S/C31H40N6O6/c1-31(2,32)30(40)34-25(20-42-18-22-11-6-4-7-12-22)28(38)35-26-17-36(21-33-26)27(23-13-8-5-9-14-23)29(39)37-16-10-15-24(37)19-43-41-3/h4-9,11-14,17,21,24-25,27H,10,15-16,18-20,32H2,1-3H3,(H,34,40)(H,35,38). The van der Waals surface area contributed by atoms with E-state index in [1.54, 1.807) is 29.5 Å². The molecular formula is C31H40N6O6. The van der Waals surface area contributed by atoms with Crippen LogP contribution in [0.5, 0.6) is 0 Å². The van der Waals surface area contributed by atoms with Crippen molar-refractivity contribution in [3.05, 3.63) is 84.3 Å². The first kappa shape index (κ1) is 31.8. The van der Waals surface area contributed by atoms with E-state index in [0.717, 1.165) is 24.0 Å². The van der Waals surface area contributed by atoms with Gasteiger partial charge in [-0.1, -0.05) is 60.7 Å². The lowest BCUT2D eigenvalue weighted by atomic mass is 10.0. The Morgan fingerprint density at radius 2 is 1.79 bits per heavy atom. The number of carbonyl (C=O) groups is 3. The number of ether oxygens (including phenoxy) is 1. The van der Waals surface area contributed by atoms with E-state index in [4.69, 9.17) is 20.2 Å². The monoisotopic (exact) mass is 592 g/mol. The number of likely N-dealkylation sites (tertiary alicyclic amines) is 1. The van der Waals surface area contributed by atoms with Gasteiger partial charge in [-0.3, -0.25) is 14.4 Å². The molecule has 3 atom stereocenters. The zero-order valence-corrected chi connectivity index (χ0v) is 24.8. The summed E-state index contributed by atoms with van der Waals surface area (Å²) in [5.41, 5.74) is 6.45. The molecule has 0 aliphatic carbocycles. The highest BCUT2D eigenvalue weighted by molar-refractivity contribution is 5.98. The van der Waals surface area contributed by atoms with Gasteiger partial charge in [0.25, 0.3) is 11.8 Å². The third kappa shape index (κ3) is 8.71. The molecule has 230 valence electrons. The Hall–Kier alpha value is -4.10. The minimum absolute atomic E-state index is 0.0890. The number of imidazole rings is 1. The zero-order valence-electron chi connectivity index (χ0n) is 24.8. The third-order valence-corrected chi connectivity index (χ3v) is 7.14. The molecule has 2 aromatic carbocycles. The van der Waals surface area contributed by atoms with Crippen molar-refractivity contribution in [2.24, 2.45) is 5.73 Å². The van der Waals surface area contributed by atoms with Crippen LogP contribution >= 0.6 is 0 Å². The summed E-state index contributed by atoms with van der Waals surface area (Å²) >= 11 is 0. The lowest BCUT2D eigenvalue weighted by Gasteiger charge is -2.29. The molecule has 1 aliphatic heterocycles. The molecule has 0 saturated carbocycles. The lowest BCUT2D eigenvalue weighted by Crippen LogP contribution is -2.56. The highest BCUT2D eigenvalue weighted by Crippen LogP contribution is 2.27. The maximum atomic E-state index is 13.9. The molecule has 43 heavy (non-hydrogen) atoms. The Bertz CT molecular complexity index is 1340. The normalized spacial score (nSPS) is 16.5. The third-order valence-electron chi connectivity index (χ3n) is 7.14. The molecule has 3 aromatic rings. The summed E-state index contributed by atoms with van der Waals surface area (Å²) in [6.07, 6.45) is 4.77. The molecule has 4 N–H and O–H groups in total. The van der Waals surface area contributed by atoms with Crippen LogP contribution in [0, 0.1) is 0 Å². The van der Waals surface area contributed by atoms with E-state index < -0.39 is 29.4 Å². The molecule has 3 amide bonds. The van der Waals surface area contributed by atoms with Gasteiger partial charge in [0, 0.05) is 12.7 Å². The van der Waals surface area contributed by atoms with Gasteiger partial charge in [0.1, 0.15) is 18.7 Å². The van der Waals surface area contributed by atoms with Crippen LogP contribution in [-0.4, -0.2) is 76.7 Å². The molecule has 12 heteroatoms. The molecule has 0 radical (unpaired) electrons. The Morgan fingerprint density at radius 3 is 2.47 bits per heavy atom. The number of nitrogens with two attached hydrogens (primary N) is 1. The van der Waals surface area contributed by atoms with E-state index in [2.05, 4.69) is 15.6 Å². The number of rotatable bonds is 14. The first-order chi connectivity index (χ1) is 20.7. The van der Waals surface area contributed by atoms with Crippen LogP contribution < -0.4 is 16.4 Å². The average molecular weight is 593 g/mol. The molecule has 1 aliphatic rings. The molecule has 0 spiro atoms. The van der Waals surface area contributed by atoms with Gasteiger partial charge >= 0.3 is 0 Å². The summed E-state index contributed by atoms with van der Waals surface area (Å²) < 4.78 is 7.44. The van der Waals surface area contributed by atoms with Crippen molar-refractivity contribution in [2.75, 3.05) is 32.2 Å². The predicted molar refractivity (Wildman–Crippen MR) is 159 cm³/mol. The van der Waals surface area contributed by atoms with Crippen molar-refractivity contribution in [3.8, 4) is 0 Å². The molecule has 4 rings (SSSR count). The lowest BCUT2D eigenvalue weighted by molar-refractivity contribution is -0.278. The van der Waals surface area contributed by atoms with E-state index in [1.807, 2.05) is 60.7 Å². The molecule has 1 saturated heterocycles. The maximum absolute atomic E-state index is 13.9. The summed E-state index contributed by atoms with van der Waals surface area (Å²) in [5.74, 6) is -0.939. The van der Waals surface area contributed by atoms with E-state index in [0.29, 0.717) is 6.54 Å². The first-order valence-electron chi connectivity index (χ1n) is 14.2. The quantitative estimate of drug-likeness (QED) is 0.191. The van der Waals surface area contributed by atoms with Crippen molar-refractivity contribution in [1.82, 2.24) is 19.8 Å².